The van der Waals surface area contributed by atoms with Gasteiger partial charge in [0.05, 0.1) is 0 Å². The van der Waals surface area contributed by atoms with Crippen molar-refractivity contribution in [2.75, 3.05) is 19.6 Å². The molecule has 0 bridgehead atoms. The fourth-order valence-electron chi connectivity index (χ4n) is 3.79. The number of nitrogens with one attached hydrogen (secondary N) is 1. The Labute approximate surface area is 129 Å². The minimum absolute atomic E-state index is 0.682. The zero-order valence-corrected chi connectivity index (χ0v) is 13.4. The van der Waals surface area contributed by atoms with Gasteiger partial charge in [0, 0.05) is 31.7 Å². The van der Waals surface area contributed by atoms with Crippen LogP contribution in [0.5, 0.6) is 0 Å². The summed E-state index contributed by atoms with van der Waals surface area (Å²) in [5.41, 5.74) is 1.48. The molecule has 1 saturated carbocycles. The third kappa shape index (κ3) is 4.08. The number of benzene rings is 1. The van der Waals surface area contributed by atoms with Crippen molar-refractivity contribution in [2.45, 2.75) is 57.5 Å². The number of nitrogens with zero attached hydrogens (tertiary/aromatic N) is 1. The maximum atomic E-state index is 3.79. The van der Waals surface area contributed by atoms with Gasteiger partial charge in [-0.05, 0) is 37.2 Å². The van der Waals surface area contributed by atoms with Crippen molar-refractivity contribution in [3.05, 3.63) is 35.9 Å². The maximum absolute atomic E-state index is 3.79. The van der Waals surface area contributed by atoms with E-state index in [0.29, 0.717) is 12.1 Å². The Balaban J connectivity index is 1.61. The Morgan fingerprint density at radius 3 is 2.67 bits per heavy atom. The standard InChI is InChI=1S/C19H30N2/c1-2-7-18-15-21(14-17-10-6-11-17)19(13-20-18)12-16-8-4-3-5-9-16/h3-5,8-9,17-20H,2,6-7,10-15H2,1H3. The summed E-state index contributed by atoms with van der Waals surface area (Å²) < 4.78 is 0. The van der Waals surface area contributed by atoms with E-state index in [-0.39, 0.29) is 0 Å². The second-order valence-corrected chi connectivity index (χ2v) is 6.99. The van der Waals surface area contributed by atoms with Crippen LogP contribution in [0.3, 0.4) is 0 Å². The van der Waals surface area contributed by atoms with Crippen molar-refractivity contribution < 1.29 is 0 Å². The molecule has 2 atom stereocenters. The van der Waals surface area contributed by atoms with Gasteiger partial charge in [-0.15, -0.1) is 0 Å². The molecule has 116 valence electrons. The first-order valence-electron chi connectivity index (χ1n) is 8.86. The quantitative estimate of drug-likeness (QED) is 0.861. The van der Waals surface area contributed by atoms with Crippen molar-refractivity contribution in [2.24, 2.45) is 5.92 Å². The number of hydrogen-bond donors (Lipinski definition) is 1. The van der Waals surface area contributed by atoms with E-state index in [9.17, 15) is 0 Å². The van der Waals surface area contributed by atoms with E-state index < -0.39 is 0 Å². The fourth-order valence-corrected chi connectivity index (χ4v) is 3.79. The minimum atomic E-state index is 0.682. The van der Waals surface area contributed by atoms with Crippen LogP contribution in [0, 0.1) is 5.92 Å². The van der Waals surface area contributed by atoms with Crippen molar-refractivity contribution in [1.82, 2.24) is 10.2 Å². The average molecular weight is 286 g/mol. The van der Waals surface area contributed by atoms with Gasteiger partial charge in [0.1, 0.15) is 0 Å². The number of piperazine rings is 1. The highest BCUT2D eigenvalue weighted by Crippen LogP contribution is 2.29. The molecule has 0 radical (unpaired) electrons. The van der Waals surface area contributed by atoms with Crippen LogP contribution in [0.25, 0.3) is 0 Å². The molecule has 21 heavy (non-hydrogen) atoms. The first-order valence-corrected chi connectivity index (χ1v) is 8.86. The molecule has 2 unspecified atom stereocenters. The molecule has 1 saturated heterocycles. The van der Waals surface area contributed by atoms with Crippen LogP contribution in [0.1, 0.15) is 44.6 Å². The van der Waals surface area contributed by atoms with E-state index in [0.717, 1.165) is 12.5 Å². The van der Waals surface area contributed by atoms with Gasteiger partial charge in [-0.2, -0.15) is 0 Å². The van der Waals surface area contributed by atoms with E-state index in [1.54, 1.807) is 0 Å². The molecule has 0 amide bonds. The summed E-state index contributed by atoms with van der Waals surface area (Å²) in [6, 6.07) is 12.4. The Morgan fingerprint density at radius 2 is 2.00 bits per heavy atom. The smallest absolute Gasteiger partial charge is 0.0261 e. The molecule has 2 aliphatic rings. The molecular weight excluding hydrogens is 256 g/mol. The Morgan fingerprint density at radius 1 is 1.19 bits per heavy atom. The monoisotopic (exact) mass is 286 g/mol. The molecule has 0 spiro atoms. The van der Waals surface area contributed by atoms with Gasteiger partial charge in [-0.3, -0.25) is 4.90 Å². The molecule has 2 nitrogen and oxygen atoms in total. The fraction of sp³-hybridized carbons (Fsp3) is 0.684. The number of rotatable bonds is 6. The van der Waals surface area contributed by atoms with Gasteiger partial charge in [-0.1, -0.05) is 50.1 Å². The summed E-state index contributed by atoms with van der Waals surface area (Å²) in [7, 11) is 0. The van der Waals surface area contributed by atoms with Crippen LogP contribution < -0.4 is 5.32 Å². The molecule has 1 aromatic rings. The second-order valence-electron chi connectivity index (χ2n) is 6.99. The molecule has 1 aliphatic heterocycles. The van der Waals surface area contributed by atoms with E-state index >= 15 is 0 Å². The van der Waals surface area contributed by atoms with Crippen LogP contribution in [-0.2, 0) is 6.42 Å². The van der Waals surface area contributed by atoms with Gasteiger partial charge < -0.3 is 5.32 Å². The van der Waals surface area contributed by atoms with Crippen molar-refractivity contribution >= 4 is 0 Å². The molecule has 2 heteroatoms. The highest BCUT2D eigenvalue weighted by Gasteiger charge is 2.30. The zero-order chi connectivity index (χ0) is 14.5. The van der Waals surface area contributed by atoms with Crippen molar-refractivity contribution in [3.63, 3.8) is 0 Å². The lowest BCUT2D eigenvalue weighted by Crippen LogP contribution is -2.58. The van der Waals surface area contributed by atoms with Gasteiger partial charge in [-0.25, -0.2) is 0 Å². The van der Waals surface area contributed by atoms with E-state index in [1.165, 1.54) is 57.2 Å². The van der Waals surface area contributed by atoms with Crippen molar-refractivity contribution in [3.8, 4) is 0 Å². The van der Waals surface area contributed by atoms with Crippen LogP contribution in [0.4, 0.5) is 0 Å². The summed E-state index contributed by atoms with van der Waals surface area (Å²) in [6.45, 7) is 6.04. The molecular formula is C19H30N2. The lowest BCUT2D eigenvalue weighted by atomic mass is 9.84. The largest absolute Gasteiger partial charge is 0.311 e. The number of hydrogen-bond acceptors (Lipinski definition) is 2. The van der Waals surface area contributed by atoms with Gasteiger partial charge in [0.2, 0.25) is 0 Å². The van der Waals surface area contributed by atoms with E-state index in [2.05, 4.69) is 47.5 Å². The summed E-state index contributed by atoms with van der Waals surface area (Å²) in [4.78, 5) is 2.80. The van der Waals surface area contributed by atoms with Crippen LogP contribution in [-0.4, -0.2) is 36.6 Å². The highest BCUT2D eigenvalue weighted by atomic mass is 15.2. The summed E-state index contributed by atoms with van der Waals surface area (Å²) in [5.74, 6) is 0.976. The predicted molar refractivity (Wildman–Crippen MR) is 89.5 cm³/mol. The van der Waals surface area contributed by atoms with Gasteiger partial charge in [0.15, 0.2) is 0 Å². The predicted octanol–water partition coefficient (Wildman–Crippen LogP) is 3.47. The SMILES string of the molecule is CCCC1CN(CC2CCC2)C(Cc2ccccc2)CN1. The normalized spacial score (nSPS) is 27.5. The highest BCUT2D eigenvalue weighted by molar-refractivity contribution is 5.16. The lowest BCUT2D eigenvalue weighted by Gasteiger charge is -2.43. The average Bonchev–Trinajstić information content (AvgIpc) is 2.47. The molecule has 3 rings (SSSR count). The Bertz CT molecular complexity index is 413. The Kier molecular flexibility index (Phi) is 5.32. The molecule has 1 aliphatic carbocycles. The minimum Gasteiger partial charge on any atom is -0.311 e. The second kappa shape index (κ2) is 7.42. The van der Waals surface area contributed by atoms with Crippen LogP contribution >= 0.6 is 0 Å². The van der Waals surface area contributed by atoms with Gasteiger partial charge >= 0.3 is 0 Å². The summed E-state index contributed by atoms with van der Waals surface area (Å²) >= 11 is 0. The summed E-state index contributed by atoms with van der Waals surface area (Å²) in [6.07, 6.45) is 8.18. The van der Waals surface area contributed by atoms with E-state index in [1.807, 2.05) is 0 Å². The topological polar surface area (TPSA) is 15.3 Å². The first-order chi connectivity index (χ1) is 10.3. The van der Waals surface area contributed by atoms with Crippen LogP contribution in [0.2, 0.25) is 0 Å². The zero-order valence-electron chi connectivity index (χ0n) is 13.4. The first kappa shape index (κ1) is 15.1. The summed E-state index contributed by atoms with van der Waals surface area (Å²) in [5, 5.41) is 3.79. The molecule has 1 aromatic carbocycles. The third-order valence-electron chi connectivity index (χ3n) is 5.28. The van der Waals surface area contributed by atoms with Crippen LogP contribution in [0.15, 0.2) is 30.3 Å². The Hall–Kier alpha value is -0.860. The third-order valence-corrected chi connectivity index (χ3v) is 5.28. The van der Waals surface area contributed by atoms with E-state index in [4.69, 9.17) is 0 Å². The van der Waals surface area contributed by atoms with Gasteiger partial charge in [0.25, 0.3) is 0 Å². The molecule has 1 N–H and O–H groups in total. The maximum Gasteiger partial charge on any atom is 0.0261 e. The lowest BCUT2D eigenvalue weighted by molar-refractivity contribution is 0.0862. The molecule has 1 heterocycles. The molecule has 2 fully saturated rings. The van der Waals surface area contributed by atoms with Crippen molar-refractivity contribution in [1.29, 1.82) is 0 Å². The molecule has 0 aromatic heterocycles.